The first-order chi connectivity index (χ1) is 15.1. The molecule has 0 amide bonds. The van der Waals surface area contributed by atoms with Gasteiger partial charge >= 0.3 is 6.01 Å². The smallest absolute Gasteiger partial charge is 0.326 e. The third kappa shape index (κ3) is 3.42. The van der Waals surface area contributed by atoms with Gasteiger partial charge in [-0.1, -0.05) is 0 Å². The molecule has 0 aliphatic carbocycles. The maximum absolute atomic E-state index is 14.3. The van der Waals surface area contributed by atoms with E-state index in [0.717, 1.165) is 23.9 Å². The fourth-order valence-electron chi connectivity index (χ4n) is 3.88. The minimum absolute atomic E-state index is 0.0479. The standard InChI is InChI=1S/C20H22FN9O/c1-23-14-6-10(21)5-13-15-17(27-16(13)14)28-20(29-18(15)30-4-3-11(22)9-30)31-12-7-25-19(24-2)26-8-12/h5-8,11,23H,3-4,9,22H2,1-2H3,(H,24,25,26)(H,27,28,29)/t11-/m0/s1. The molecule has 5 rings (SSSR count). The van der Waals surface area contributed by atoms with E-state index in [-0.39, 0.29) is 17.9 Å². The fourth-order valence-corrected chi connectivity index (χ4v) is 3.88. The predicted molar refractivity (Wildman–Crippen MR) is 117 cm³/mol. The molecule has 3 aromatic heterocycles. The molecule has 1 aliphatic rings. The zero-order valence-corrected chi connectivity index (χ0v) is 17.1. The summed E-state index contributed by atoms with van der Waals surface area (Å²) >= 11 is 0. The highest BCUT2D eigenvalue weighted by Gasteiger charge is 2.26. The SMILES string of the molecule is CNc1ncc(Oc2nc(N3CC[C@H](N)C3)c3c(n2)[nH]c2c(NC)cc(F)cc23)cn1. The Morgan fingerprint density at radius 1 is 1.19 bits per heavy atom. The molecule has 4 aromatic rings. The van der Waals surface area contributed by atoms with E-state index < -0.39 is 0 Å². The third-order valence-electron chi connectivity index (χ3n) is 5.34. The Balaban J connectivity index is 1.68. The highest BCUT2D eigenvalue weighted by atomic mass is 19.1. The fraction of sp³-hybridized carbons (Fsp3) is 0.300. The molecule has 0 saturated carbocycles. The molecule has 11 heteroatoms. The van der Waals surface area contributed by atoms with Crippen molar-refractivity contribution in [3.8, 4) is 11.8 Å². The number of fused-ring (bicyclic) bond motifs is 3. The van der Waals surface area contributed by atoms with Crippen LogP contribution >= 0.6 is 0 Å². The monoisotopic (exact) mass is 423 g/mol. The Morgan fingerprint density at radius 2 is 2.00 bits per heavy atom. The molecule has 1 aliphatic heterocycles. The van der Waals surface area contributed by atoms with Crippen molar-refractivity contribution in [2.75, 3.05) is 42.7 Å². The molecule has 4 heterocycles. The van der Waals surface area contributed by atoms with Crippen LogP contribution < -0.4 is 26.0 Å². The lowest BCUT2D eigenvalue weighted by molar-refractivity contribution is 0.440. The van der Waals surface area contributed by atoms with Gasteiger partial charge in [-0.25, -0.2) is 14.4 Å². The molecule has 1 saturated heterocycles. The number of hydrogen-bond acceptors (Lipinski definition) is 9. The van der Waals surface area contributed by atoms with E-state index in [1.165, 1.54) is 24.5 Å². The van der Waals surface area contributed by atoms with Crippen LogP contribution in [0.25, 0.3) is 21.9 Å². The molecular weight excluding hydrogens is 401 g/mol. The average Bonchev–Trinajstić information content (AvgIpc) is 3.36. The molecule has 1 atom stereocenters. The summed E-state index contributed by atoms with van der Waals surface area (Å²) in [4.78, 5) is 22.9. The molecule has 1 aromatic carbocycles. The second kappa shape index (κ2) is 7.51. The predicted octanol–water partition coefficient (Wildman–Crippen LogP) is 2.45. The summed E-state index contributed by atoms with van der Waals surface area (Å²) in [6.45, 7) is 1.39. The lowest BCUT2D eigenvalue weighted by atomic mass is 10.1. The first-order valence-electron chi connectivity index (χ1n) is 9.94. The molecule has 0 bridgehead atoms. The zero-order valence-electron chi connectivity index (χ0n) is 17.1. The summed E-state index contributed by atoms with van der Waals surface area (Å²) in [5.74, 6) is 1.19. The summed E-state index contributed by atoms with van der Waals surface area (Å²) in [7, 11) is 3.48. The van der Waals surface area contributed by atoms with E-state index in [0.29, 0.717) is 40.8 Å². The van der Waals surface area contributed by atoms with Crippen molar-refractivity contribution in [2.24, 2.45) is 5.73 Å². The van der Waals surface area contributed by atoms with Crippen molar-refractivity contribution in [2.45, 2.75) is 12.5 Å². The minimum atomic E-state index is -0.344. The summed E-state index contributed by atoms with van der Waals surface area (Å²) in [5.41, 5.74) is 8.07. The lowest BCUT2D eigenvalue weighted by Crippen LogP contribution is -2.27. The van der Waals surface area contributed by atoms with Gasteiger partial charge in [-0.15, -0.1) is 0 Å². The normalized spacial score (nSPS) is 16.3. The van der Waals surface area contributed by atoms with Crippen LogP contribution in [0.5, 0.6) is 11.8 Å². The van der Waals surface area contributed by atoms with Crippen molar-refractivity contribution in [1.82, 2.24) is 24.9 Å². The second-order valence-electron chi connectivity index (χ2n) is 7.39. The van der Waals surface area contributed by atoms with Crippen LogP contribution in [0, 0.1) is 5.82 Å². The number of benzene rings is 1. The van der Waals surface area contributed by atoms with E-state index in [1.807, 2.05) is 0 Å². The number of aromatic amines is 1. The van der Waals surface area contributed by atoms with Crippen LogP contribution in [-0.4, -0.2) is 58.1 Å². The average molecular weight is 423 g/mol. The number of rotatable bonds is 5. The number of nitrogens with two attached hydrogens (primary N) is 1. The third-order valence-corrected chi connectivity index (χ3v) is 5.34. The van der Waals surface area contributed by atoms with Crippen LogP contribution in [0.2, 0.25) is 0 Å². The Kier molecular flexibility index (Phi) is 4.66. The minimum Gasteiger partial charge on any atom is -0.421 e. The number of H-pyrrole nitrogens is 1. The molecule has 5 N–H and O–H groups in total. The van der Waals surface area contributed by atoms with Gasteiger partial charge in [0.2, 0.25) is 5.95 Å². The first kappa shape index (κ1) is 19.2. The van der Waals surface area contributed by atoms with Gasteiger partial charge in [-0.3, -0.25) is 0 Å². The van der Waals surface area contributed by atoms with Gasteiger partial charge in [-0.2, -0.15) is 9.97 Å². The molecule has 10 nitrogen and oxygen atoms in total. The van der Waals surface area contributed by atoms with E-state index in [2.05, 4.69) is 40.5 Å². The van der Waals surface area contributed by atoms with Gasteiger partial charge < -0.3 is 31.0 Å². The highest BCUT2D eigenvalue weighted by Crippen LogP contribution is 2.37. The Morgan fingerprint density at radius 3 is 2.68 bits per heavy atom. The van der Waals surface area contributed by atoms with Crippen molar-refractivity contribution in [3.63, 3.8) is 0 Å². The largest absolute Gasteiger partial charge is 0.421 e. The number of anilines is 3. The molecule has 1 fully saturated rings. The molecule has 0 radical (unpaired) electrons. The molecule has 160 valence electrons. The van der Waals surface area contributed by atoms with E-state index >= 15 is 0 Å². The zero-order chi connectivity index (χ0) is 21.5. The molecule has 0 spiro atoms. The molecule has 31 heavy (non-hydrogen) atoms. The number of nitrogens with one attached hydrogen (secondary N) is 3. The maximum atomic E-state index is 14.3. The summed E-state index contributed by atoms with van der Waals surface area (Å²) in [6.07, 6.45) is 3.93. The Hall–Kier alpha value is -3.73. The van der Waals surface area contributed by atoms with E-state index in [9.17, 15) is 4.39 Å². The quantitative estimate of drug-likeness (QED) is 0.382. The van der Waals surface area contributed by atoms with Gasteiger partial charge in [0.15, 0.2) is 5.75 Å². The lowest BCUT2D eigenvalue weighted by Gasteiger charge is -2.18. The van der Waals surface area contributed by atoms with E-state index in [4.69, 9.17) is 10.5 Å². The van der Waals surface area contributed by atoms with Crippen LogP contribution in [0.15, 0.2) is 24.5 Å². The first-order valence-corrected chi connectivity index (χ1v) is 9.94. The molecular formula is C20H22FN9O. The Labute approximate surface area is 177 Å². The van der Waals surface area contributed by atoms with Gasteiger partial charge in [0.05, 0.1) is 29.0 Å². The number of ether oxygens (including phenoxy) is 1. The van der Waals surface area contributed by atoms with Crippen LogP contribution in [0.1, 0.15) is 6.42 Å². The number of aromatic nitrogens is 5. The Bertz CT molecular complexity index is 1260. The van der Waals surface area contributed by atoms with Crippen molar-refractivity contribution in [3.05, 3.63) is 30.3 Å². The number of halogens is 1. The van der Waals surface area contributed by atoms with Gasteiger partial charge in [0, 0.05) is 38.6 Å². The van der Waals surface area contributed by atoms with Crippen LogP contribution in [-0.2, 0) is 0 Å². The topological polar surface area (TPSA) is 130 Å². The van der Waals surface area contributed by atoms with Crippen LogP contribution in [0.4, 0.5) is 21.8 Å². The second-order valence-corrected chi connectivity index (χ2v) is 7.39. The number of hydrogen-bond donors (Lipinski definition) is 4. The summed E-state index contributed by atoms with van der Waals surface area (Å²) < 4.78 is 20.2. The van der Waals surface area contributed by atoms with Crippen LogP contribution in [0.3, 0.4) is 0 Å². The van der Waals surface area contributed by atoms with Gasteiger partial charge in [0.1, 0.15) is 17.3 Å². The van der Waals surface area contributed by atoms with Crippen molar-refractivity contribution < 1.29 is 9.13 Å². The van der Waals surface area contributed by atoms with Crippen molar-refractivity contribution >= 4 is 39.4 Å². The van der Waals surface area contributed by atoms with Gasteiger partial charge in [-0.05, 0) is 18.6 Å². The molecule has 0 unspecified atom stereocenters. The van der Waals surface area contributed by atoms with Gasteiger partial charge in [0.25, 0.3) is 0 Å². The van der Waals surface area contributed by atoms with E-state index in [1.54, 1.807) is 14.1 Å². The summed E-state index contributed by atoms with van der Waals surface area (Å²) in [6, 6.07) is 3.12. The van der Waals surface area contributed by atoms with Crippen molar-refractivity contribution in [1.29, 1.82) is 0 Å². The highest BCUT2D eigenvalue weighted by molar-refractivity contribution is 6.14. The number of nitrogens with zero attached hydrogens (tertiary/aromatic N) is 5. The summed E-state index contributed by atoms with van der Waals surface area (Å²) in [5, 5.41) is 7.31. The maximum Gasteiger partial charge on any atom is 0.326 e.